The molecule has 0 unspecified atom stereocenters. The molecule has 5 heteroatoms. The van der Waals surface area contributed by atoms with Gasteiger partial charge in [0.05, 0.1) is 21.3 Å². The van der Waals surface area contributed by atoms with Crippen LogP contribution in [0, 0.1) is 11.3 Å². The van der Waals surface area contributed by atoms with E-state index < -0.39 is 25.4 Å². The molecular formula is C22H30O4Si. The first-order chi connectivity index (χ1) is 12.7. The van der Waals surface area contributed by atoms with Gasteiger partial charge in [-0.15, -0.1) is 0 Å². The average Bonchev–Trinajstić information content (AvgIpc) is 2.99. The summed E-state index contributed by atoms with van der Waals surface area (Å²) < 4.78 is 10.7. The van der Waals surface area contributed by atoms with Crippen LogP contribution >= 0.6 is 0 Å². The standard InChI is InChI=1S/C22H30O4Si/c1-6-25-20(23)22(21(24)26-7-2)13-16-12-15-10-8-9-11-17(15)19(18(16)14-22)27(3,4)5/h8-11,16H,6-7,12-14H2,1-5H3/t16-/m0/s1. The number of benzene rings is 1. The smallest absolute Gasteiger partial charge is 0.323 e. The van der Waals surface area contributed by atoms with E-state index in [4.69, 9.17) is 9.47 Å². The second-order valence-corrected chi connectivity index (χ2v) is 13.6. The Balaban J connectivity index is 2.14. The number of rotatable bonds is 5. The minimum atomic E-state index is -1.69. The highest BCUT2D eigenvalue weighted by atomic mass is 28.3. The normalized spacial score (nSPS) is 20.7. The zero-order chi connectivity index (χ0) is 19.8. The Hall–Kier alpha value is -1.88. The molecule has 3 rings (SSSR count). The molecular weight excluding hydrogens is 356 g/mol. The molecule has 1 atom stereocenters. The van der Waals surface area contributed by atoms with Gasteiger partial charge in [0.25, 0.3) is 0 Å². The van der Waals surface area contributed by atoms with Gasteiger partial charge >= 0.3 is 11.9 Å². The van der Waals surface area contributed by atoms with E-state index in [9.17, 15) is 9.59 Å². The molecule has 0 heterocycles. The number of hydrogen-bond donors (Lipinski definition) is 0. The van der Waals surface area contributed by atoms with Crippen LogP contribution in [0.25, 0.3) is 5.20 Å². The maximum Gasteiger partial charge on any atom is 0.323 e. The van der Waals surface area contributed by atoms with E-state index in [-0.39, 0.29) is 19.1 Å². The first kappa shape index (κ1) is 19.9. The Morgan fingerprint density at radius 3 is 2.22 bits per heavy atom. The van der Waals surface area contributed by atoms with Gasteiger partial charge in [0.15, 0.2) is 5.41 Å². The minimum Gasteiger partial charge on any atom is -0.465 e. The Morgan fingerprint density at radius 1 is 1.07 bits per heavy atom. The van der Waals surface area contributed by atoms with E-state index >= 15 is 0 Å². The van der Waals surface area contributed by atoms with Gasteiger partial charge in [-0.2, -0.15) is 0 Å². The molecule has 1 saturated carbocycles. The van der Waals surface area contributed by atoms with E-state index in [1.54, 1.807) is 13.8 Å². The minimum absolute atomic E-state index is 0.204. The molecule has 1 aromatic carbocycles. The molecule has 0 bridgehead atoms. The summed E-state index contributed by atoms with van der Waals surface area (Å²) >= 11 is 0. The number of hydrogen-bond acceptors (Lipinski definition) is 4. The highest BCUT2D eigenvalue weighted by molar-refractivity contribution is 6.94. The topological polar surface area (TPSA) is 52.6 Å². The Kier molecular flexibility index (Phi) is 5.35. The summed E-state index contributed by atoms with van der Waals surface area (Å²) in [4.78, 5) is 25.8. The van der Waals surface area contributed by atoms with Crippen molar-refractivity contribution < 1.29 is 19.1 Å². The van der Waals surface area contributed by atoms with Crippen molar-refractivity contribution in [1.82, 2.24) is 0 Å². The summed E-state index contributed by atoms with van der Waals surface area (Å²) in [5.41, 5.74) is 2.73. The number of fused-ring (bicyclic) bond motifs is 2. The molecule has 4 nitrogen and oxygen atoms in total. The van der Waals surface area contributed by atoms with E-state index in [1.807, 2.05) is 0 Å². The Bertz CT molecular complexity index is 770. The van der Waals surface area contributed by atoms with Gasteiger partial charge in [0.2, 0.25) is 0 Å². The molecule has 0 saturated heterocycles. The van der Waals surface area contributed by atoms with E-state index in [0.29, 0.717) is 12.8 Å². The number of ether oxygens (including phenoxy) is 2. The van der Waals surface area contributed by atoms with Crippen LogP contribution in [0.5, 0.6) is 0 Å². The van der Waals surface area contributed by atoms with Gasteiger partial charge < -0.3 is 9.47 Å². The monoisotopic (exact) mass is 386 g/mol. The van der Waals surface area contributed by atoms with Crippen molar-refractivity contribution in [2.45, 2.75) is 52.8 Å². The summed E-state index contributed by atoms with van der Waals surface area (Å²) in [5.74, 6) is -0.649. The molecule has 0 radical (unpaired) electrons. The van der Waals surface area contributed by atoms with E-state index in [1.165, 1.54) is 21.9 Å². The second-order valence-electron chi connectivity index (χ2n) is 8.61. The van der Waals surface area contributed by atoms with Gasteiger partial charge in [0, 0.05) is 0 Å². The number of allylic oxidation sites excluding steroid dienone is 1. The van der Waals surface area contributed by atoms with E-state index in [0.717, 1.165) is 6.42 Å². The molecule has 146 valence electrons. The lowest BCUT2D eigenvalue weighted by Gasteiger charge is -2.33. The van der Waals surface area contributed by atoms with Gasteiger partial charge in [-0.25, -0.2) is 0 Å². The fourth-order valence-electron chi connectivity index (χ4n) is 4.77. The molecule has 1 aromatic rings. The number of esters is 2. The SMILES string of the molecule is CCOC(=O)C1(C(=O)OCC)CC2=C([Si](C)(C)C)c3ccccc3C[C@H]2C1. The molecule has 0 N–H and O–H groups in total. The van der Waals surface area contributed by atoms with Crippen LogP contribution in [-0.4, -0.2) is 33.2 Å². The summed E-state index contributed by atoms with van der Waals surface area (Å²) in [6, 6.07) is 8.53. The van der Waals surface area contributed by atoms with Crippen LogP contribution in [0.2, 0.25) is 19.6 Å². The van der Waals surface area contributed by atoms with Crippen molar-refractivity contribution in [3.63, 3.8) is 0 Å². The number of carbonyl (C=O) groups is 2. The summed E-state index contributed by atoms with van der Waals surface area (Å²) in [6.45, 7) is 11.1. The van der Waals surface area contributed by atoms with Crippen LogP contribution in [0.3, 0.4) is 0 Å². The molecule has 2 aliphatic carbocycles. The first-order valence-electron chi connectivity index (χ1n) is 9.90. The second kappa shape index (κ2) is 7.27. The lowest BCUT2D eigenvalue weighted by molar-refractivity contribution is -0.171. The van der Waals surface area contributed by atoms with Crippen LogP contribution < -0.4 is 0 Å². The highest BCUT2D eigenvalue weighted by Crippen LogP contribution is 2.54. The molecule has 2 aliphatic rings. The van der Waals surface area contributed by atoms with Gasteiger partial charge in [-0.05, 0) is 50.2 Å². The predicted molar refractivity (Wildman–Crippen MR) is 109 cm³/mol. The molecule has 0 spiro atoms. The molecule has 0 aliphatic heterocycles. The lowest BCUT2D eigenvalue weighted by atomic mass is 9.83. The fraction of sp³-hybridized carbons (Fsp3) is 0.545. The van der Waals surface area contributed by atoms with Crippen molar-refractivity contribution in [2.75, 3.05) is 13.2 Å². The van der Waals surface area contributed by atoms with Crippen LogP contribution in [0.1, 0.15) is 37.8 Å². The Labute approximate surface area is 163 Å². The zero-order valence-electron chi connectivity index (χ0n) is 17.1. The van der Waals surface area contributed by atoms with Crippen LogP contribution in [-0.2, 0) is 25.5 Å². The average molecular weight is 387 g/mol. The van der Waals surface area contributed by atoms with Gasteiger partial charge in [-0.1, -0.05) is 54.7 Å². The zero-order valence-corrected chi connectivity index (χ0v) is 18.1. The lowest BCUT2D eigenvalue weighted by Crippen LogP contribution is -2.40. The van der Waals surface area contributed by atoms with Gasteiger partial charge in [0.1, 0.15) is 0 Å². The van der Waals surface area contributed by atoms with Crippen LogP contribution in [0.4, 0.5) is 0 Å². The summed E-state index contributed by atoms with van der Waals surface area (Å²) in [7, 11) is -1.69. The van der Waals surface area contributed by atoms with Gasteiger partial charge in [-0.3, -0.25) is 9.59 Å². The fourth-order valence-corrected chi connectivity index (χ4v) is 7.08. The third-order valence-corrected chi connectivity index (χ3v) is 7.83. The summed E-state index contributed by atoms with van der Waals surface area (Å²) in [5, 5.41) is 1.41. The molecule has 0 amide bonds. The third-order valence-electron chi connectivity index (χ3n) is 5.74. The largest absolute Gasteiger partial charge is 0.465 e. The summed E-state index contributed by atoms with van der Waals surface area (Å²) in [6.07, 6.45) is 1.80. The van der Waals surface area contributed by atoms with Crippen molar-refractivity contribution in [1.29, 1.82) is 0 Å². The molecule has 27 heavy (non-hydrogen) atoms. The Morgan fingerprint density at radius 2 is 1.67 bits per heavy atom. The van der Waals surface area contributed by atoms with Crippen molar-refractivity contribution in [3.8, 4) is 0 Å². The first-order valence-corrected chi connectivity index (χ1v) is 13.4. The molecule has 0 aromatic heterocycles. The highest BCUT2D eigenvalue weighted by Gasteiger charge is 2.57. The van der Waals surface area contributed by atoms with Crippen LogP contribution in [0.15, 0.2) is 29.8 Å². The maximum absolute atomic E-state index is 12.9. The van der Waals surface area contributed by atoms with Crippen molar-refractivity contribution >= 4 is 25.2 Å². The number of carbonyl (C=O) groups excluding carboxylic acids is 2. The van der Waals surface area contributed by atoms with Crippen molar-refractivity contribution in [3.05, 3.63) is 41.0 Å². The quantitative estimate of drug-likeness (QED) is 0.428. The predicted octanol–water partition coefficient (Wildman–Crippen LogP) is 4.40. The molecule has 1 fully saturated rings. The maximum atomic E-state index is 12.9. The van der Waals surface area contributed by atoms with E-state index in [2.05, 4.69) is 43.9 Å². The van der Waals surface area contributed by atoms with Crippen molar-refractivity contribution in [2.24, 2.45) is 11.3 Å². The third kappa shape index (κ3) is 3.38.